The third kappa shape index (κ3) is 27.6. The third-order valence-electron chi connectivity index (χ3n) is 17.5. The average molecular weight is 2130 g/mol. The summed E-state index contributed by atoms with van der Waals surface area (Å²) in [6, 6.07) is 61.4. The molecule has 32 nitrogen and oxygen atoms in total. The molecule has 10 aromatic carbocycles. The van der Waals surface area contributed by atoms with Gasteiger partial charge in [-0.2, -0.15) is 107 Å². The molecule has 0 N–H and O–H groups in total. The molecule has 0 aliphatic rings. The second-order valence-electron chi connectivity index (χ2n) is 26.1. The first-order chi connectivity index (χ1) is 58.8. The van der Waals surface area contributed by atoms with Gasteiger partial charge in [-0.15, -0.1) is 72.4 Å². The van der Waals surface area contributed by atoms with Crippen molar-refractivity contribution in [2.45, 2.75) is 85.6 Å². The van der Waals surface area contributed by atoms with Crippen molar-refractivity contribution in [1.29, 1.82) is 0 Å². The maximum absolute atomic E-state index is 13.8. The van der Waals surface area contributed by atoms with Crippen molar-refractivity contribution < 1.29 is 219 Å². The van der Waals surface area contributed by atoms with Crippen LogP contribution in [0.1, 0.15) is 66.6 Å². The number of aromatic nitrogens is 20. The summed E-state index contributed by atoms with van der Waals surface area (Å²) in [5, 5.41) is 37.9. The van der Waals surface area contributed by atoms with Crippen LogP contribution in [0.3, 0.4) is 0 Å². The van der Waals surface area contributed by atoms with Crippen LogP contribution < -0.4 is 61.6 Å². The molecule has 0 bridgehead atoms. The second-order valence-corrected chi connectivity index (χ2v) is 27.5. The normalized spacial score (nSPS) is 10.4. The molecule has 0 fully saturated rings. The van der Waals surface area contributed by atoms with Crippen molar-refractivity contribution in [2.75, 3.05) is 12.4 Å². The van der Waals surface area contributed by atoms with Gasteiger partial charge in [-0.3, -0.25) is 22.0 Å². The number of tetrazole rings is 5. The van der Waals surface area contributed by atoms with Gasteiger partial charge in [0.15, 0.2) is 0 Å². The Kier molecular flexibility index (Phi) is 43.4. The van der Waals surface area contributed by atoms with E-state index in [2.05, 4.69) is 82.5 Å². The van der Waals surface area contributed by atoms with E-state index in [-0.39, 0.29) is 249 Å². The molecule has 5 heterocycles. The zero-order chi connectivity index (χ0) is 87.1. The Balaban J connectivity index is 0.000000243. The Hall–Kier alpha value is -9.33. The van der Waals surface area contributed by atoms with Crippen molar-refractivity contribution in [1.82, 2.24) is 99.0 Å². The molecule has 0 aliphatic heterocycles. The Morgan fingerprint density at radius 1 is 0.323 bits per heavy atom. The Labute approximate surface area is 854 Å². The molecule has 647 valence electrons. The SMILES string of the molecule is CC(C)Oc1cccc(-n2nnn(C)c2=O)c1COc1cc[c-]cc1F.CCOc1cccc(-n2nnn(C)c2=O)c1COc1cc[c-]cc1F.CCSc1cccc(-n2nnn(C)c2=O)c1COc1cc[c-]cc1F.Cc1cccc(-n2nnn(C)c2=O)c1COc1cc[c-]cc1F.Cc1cccc(-n2nnn(C)c2=O)c1COc1cc[c-]cc1F.[Y].[Y].[Y].[Y].[Y]. The minimum Gasteiger partial charge on any atom is -0.511 e. The summed E-state index contributed by atoms with van der Waals surface area (Å²) < 4.78 is 120. The van der Waals surface area contributed by atoms with Crippen LogP contribution >= 0.6 is 11.8 Å². The van der Waals surface area contributed by atoms with E-state index in [1.807, 2.05) is 77.9 Å². The van der Waals surface area contributed by atoms with Gasteiger partial charge in [-0.1, -0.05) is 49.4 Å². The number of ether oxygens (including phenoxy) is 7. The minimum absolute atomic E-state index is 0. The molecule has 15 rings (SSSR count). The number of benzene rings is 10. The predicted molar refractivity (Wildman–Crippen MR) is 434 cm³/mol. The van der Waals surface area contributed by atoms with Gasteiger partial charge in [0.05, 0.1) is 52.3 Å². The van der Waals surface area contributed by atoms with E-state index >= 15 is 0 Å². The monoisotopic (exact) mass is 2130 g/mol. The summed E-state index contributed by atoms with van der Waals surface area (Å²) in [6.07, 6.45) is -0.0920. The van der Waals surface area contributed by atoms with Crippen molar-refractivity contribution in [3.63, 3.8) is 0 Å². The molecule has 43 heteroatoms. The summed E-state index contributed by atoms with van der Waals surface area (Å²) in [5.74, 6) is -0.0362. The maximum atomic E-state index is 13.8. The summed E-state index contributed by atoms with van der Waals surface area (Å²) in [7, 11) is 7.58. The van der Waals surface area contributed by atoms with E-state index in [1.54, 1.807) is 96.7 Å². The van der Waals surface area contributed by atoms with Crippen LogP contribution in [-0.4, -0.2) is 117 Å². The van der Waals surface area contributed by atoms with Crippen LogP contribution in [0, 0.1) is 73.3 Å². The van der Waals surface area contributed by atoms with Crippen LogP contribution in [0.4, 0.5) is 22.0 Å². The third-order valence-corrected chi connectivity index (χ3v) is 18.5. The first kappa shape index (κ1) is 106. The Morgan fingerprint density at radius 2 is 0.575 bits per heavy atom. The summed E-state index contributed by atoms with van der Waals surface area (Å²) in [6.45, 7) is 12.1. The van der Waals surface area contributed by atoms with Gasteiger partial charge < -0.3 is 33.2 Å². The van der Waals surface area contributed by atoms with Crippen molar-refractivity contribution in [3.8, 4) is 68.7 Å². The Morgan fingerprint density at radius 3 is 0.843 bits per heavy atom. The first-order valence-corrected chi connectivity index (χ1v) is 38.2. The number of nitrogens with zero attached hydrogens (tertiary/aromatic N) is 20. The van der Waals surface area contributed by atoms with Crippen molar-refractivity contribution in [2.24, 2.45) is 35.2 Å². The van der Waals surface area contributed by atoms with Gasteiger partial charge in [0.1, 0.15) is 44.5 Å². The number of rotatable bonds is 26. The zero-order valence-corrected chi connectivity index (χ0v) is 85.4. The molecule has 0 unspecified atom stereocenters. The van der Waals surface area contributed by atoms with Crippen LogP contribution in [0.15, 0.2) is 211 Å². The predicted octanol–water partition coefficient (Wildman–Crippen LogP) is 10.3. The standard InChI is InChI=1S/C18H18FN4O3.C17H16FN4O3.C17H16FN4O2S.2C16H14FN4O2.5Y/c1-12(2)26-16-10-6-8-15(23-18(24)22(3)20-21-23)13(16)11-25-17-9-5-4-7-14(17)19;1-3-24-15-10-6-8-14(22-17(23)21(2)19-20-22)12(15)11-25-16-9-5-4-7-13(16)18;1-3-25-16-10-6-8-14(22-17(23)21(2)19-20-22)12(16)11-24-15-9-5-4-7-13(15)18;2*1-11-6-5-8-14(21-16(22)20(2)18-19-21)12(11)10-23-15-9-4-3-7-13(15)17;;;;;/h5-10,12H,11H2,1-3H3;2*5-10H,3,11H2,1-2H3;2*4-9H,10H2,1-2H3;;;;;/q5*-1;;;;;. The molecular formula is C84H78F5N20O12SY5-5. The van der Waals surface area contributed by atoms with Crippen LogP contribution in [0.5, 0.6) is 40.2 Å². The zero-order valence-electron chi connectivity index (χ0n) is 70.4. The fourth-order valence-corrected chi connectivity index (χ4v) is 12.2. The van der Waals surface area contributed by atoms with Crippen LogP contribution in [-0.2, 0) is 232 Å². The fourth-order valence-electron chi connectivity index (χ4n) is 11.4. The van der Waals surface area contributed by atoms with Crippen LogP contribution in [0.25, 0.3) is 28.4 Å². The summed E-state index contributed by atoms with van der Waals surface area (Å²) >= 11 is 1.61. The second kappa shape index (κ2) is 51.8. The van der Waals surface area contributed by atoms with Gasteiger partial charge >= 0.3 is 28.4 Å². The smallest absolute Gasteiger partial charge is 0.368 e. The van der Waals surface area contributed by atoms with Gasteiger partial charge in [-0.05, 0) is 152 Å². The molecule has 0 amide bonds. The number of hydrogen-bond acceptors (Lipinski definition) is 23. The van der Waals surface area contributed by atoms with E-state index in [4.69, 9.17) is 33.2 Å². The first-order valence-electron chi connectivity index (χ1n) is 37.2. The van der Waals surface area contributed by atoms with Gasteiger partial charge in [0.2, 0.25) is 0 Å². The quantitative estimate of drug-likeness (QED) is 0.0276. The van der Waals surface area contributed by atoms with E-state index in [9.17, 15) is 45.9 Å². The largest absolute Gasteiger partial charge is 0.511 e. The number of halogens is 5. The van der Waals surface area contributed by atoms with E-state index in [1.165, 1.54) is 110 Å². The van der Waals surface area contributed by atoms with Crippen molar-refractivity contribution >= 4 is 11.8 Å². The Bertz CT molecular complexity index is 6140. The average Bonchev–Trinajstić information content (AvgIpc) is 1.73. The summed E-state index contributed by atoms with van der Waals surface area (Å²) in [4.78, 5) is 61.7. The summed E-state index contributed by atoms with van der Waals surface area (Å²) in [5.41, 5.74) is 5.89. The molecule has 5 aromatic heterocycles. The molecule has 0 atom stereocenters. The molecular weight excluding hydrogens is 2050 g/mol. The topological polar surface area (TPSA) is 328 Å². The van der Waals surface area contributed by atoms with E-state index < -0.39 is 40.5 Å². The molecule has 0 spiro atoms. The van der Waals surface area contributed by atoms with E-state index in [0.717, 1.165) is 71.2 Å². The minimum atomic E-state index is -0.520. The number of thioether (sulfide) groups is 1. The molecule has 0 aliphatic carbocycles. The fraction of sp³-hybridized carbons (Fsp3) is 0.226. The molecule has 127 heavy (non-hydrogen) atoms. The molecule has 15 aromatic rings. The van der Waals surface area contributed by atoms with Gasteiger partial charge in [-0.25, -0.2) is 24.0 Å². The molecule has 5 radical (unpaired) electrons. The molecule has 0 saturated heterocycles. The van der Waals surface area contributed by atoms with E-state index in [0.29, 0.717) is 57.7 Å². The number of hydrogen-bond donors (Lipinski definition) is 0. The van der Waals surface area contributed by atoms with Gasteiger partial charge in [0.25, 0.3) is 0 Å². The van der Waals surface area contributed by atoms with Gasteiger partial charge in [0, 0.05) is 278 Å². The van der Waals surface area contributed by atoms with Crippen LogP contribution in [0.2, 0.25) is 0 Å². The van der Waals surface area contributed by atoms with Crippen molar-refractivity contribution in [3.05, 3.63) is 333 Å². The maximum Gasteiger partial charge on any atom is 0.368 e. The molecule has 0 saturated carbocycles. The number of aryl methyl sites for hydroxylation is 7.